The quantitative estimate of drug-likeness (QED) is 0.602. The molecule has 0 amide bonds. The van der Waals surface area contributed by atoms with Crippen molar-refractivity contribution in [2.24, 2.45) is 5.92 Å². The van der Waals surface area contributed by atoms with E-state index in [2.05, 4.69) is 26.1 Å². The van der Waals surface area contributed by atoms with Crippen LogP contribution >= 0.6 is 0 Å². The van der Waals surface area contributed by atoms with E-state index in [1.165, 1.54) is 6.42 Å². The highest BCUT2D eigenvalue weighted by Gasteiger charge is 2.13. The fourth-order valence-corrected chi connectivity index (χ4v) is 1.37. The van der Waals surface area contributed by atoms with Crippen molar-refractivity contribution in [3.05, 3.63) is 0 Å². The van der Waals surface area contributed by atoms with Gasteiger partial charge in [-0.1, -0.05) is 20.3 Å². The standard InChI is InChI=1S/C12H27NO2/c1-6-10(4)11(5)13-9-12(14-7-2)15-8-3/h10-13H,6-9H2,1-5H3/t10-,11+/m0/s1. The van der Waals surface area contributed by atoms with Crippen LogP contribution in [0.1, 0.15) is 41.0 Å². The molecule has 0 saturated heterocycles. The van der Waals surface area contributed by atoms with Crippen LogP contribution in [-0.4, -0.2) is 32.1 Å². The summed E-state index contributed by atoms with van der Waals surface area (Å²) in [5.41, 5.74) is 0. The summed E-state index contributed by atoms with van der Waals surface area (Å²) in [7, 11) is 0. The summed E-state index contributed by atoms with van der Waals surface area (Å²) in [5, 5.41) is 3.45. The van der Waals surface area contributed by atoms with E-state index in [-0.39, 0.29) is 6.29 Å². The van der Waals surface area contributed by atoms with E-state index in [0.29, 0.717) is 25.2 Å². The van der Waals surface area contributed by atoms with E-state index in [9.17, 15) is 0 Å². The maximum atomic E-state index is 5.46. The van der Waals surface area contributed by atoms with Crippen LogP contribution in [0.4, 0.5) is 0 Å². The summed E-state index contributed by atoms with van der Waals surface area (Å²) in [6.07, 6.45) is 1.09. The van der Waals surface area contributed by atoms with E-state index in [0.717, 1.165) is 6.54 Å². The molecule has 3 heteroatoms. The normalized spacial score (nSPS) is 15.6. The highest BCUT2D eigenvalue weighted by Crippen LogP contribution is 2.06. The summed E-state index contributed by atoms with van der Waals surface area (Å²) >= 11 is 0. The lowest BCUT2D eigenvalue weighted by atomic mass is 10.0. The van der Waals surface area contributed by atoms with Crippen molar-refractivity contribution in [3.63, 3.8) is 0 Å². The highest BCUT2D eigenvalue weighted by molar-refractivity contribution is 4.67. The average Bonchev–Trinajstić information content (AvgIpc) is 2.25. The predicted octanol–water partition coefficient (Wildman–Crippen LogP) is 2.41. The minimum absolute atomic E-state index is 0.105. The Balaban J connectivity index is 3.76. The van der Waals surface area contributed by atoms with E-state index in [1.54, 1.807) is 0 Å². The molecule has 15 heavy (non-hydrogen) atoms. The highest BCUT2D eigenvalue weighted by atomic mass is 16.7. The van der Waals surface area contributed by atoms with Crippen LogP contribution in [-0.2, 0) is 9.47 Å². The Bertz CT molecular complexity index is 136. The molecule has 0 aromatic rings. The molecule has 0 spiro atoms. The first-order valence-corrected chi connectivity index (χ1v) is 6.12. The number of nitrogens with one attached hydrogen (secondary N) is 1. The van der Waals surface area contributed by atoms with E-state index in [4.69, 9.17) is 9.47 Å². The maximum Gasteiger partial charge on any atom is 0.169 e. The molecule has 92 valence electrons. The third kappa shape index (κ3) is 6.88. The lowest BCUT2D eigenvalue weighted by Crippen LogP contribution is -2.39. The Morgan fingerprint density at radius 3 is 1.93 bits per heavy atom. The SMILES string of the molecule is CCOC(CN[C@H](C)[C@@H](C)CC)OCC. The van der Waals surface area contributed by atoms with Crippen LogP contribution < -0.4 is 5.32 Å². The molecule has 0 aliphatic heterocycles. The first-order valence-electron chi connectivity index (χ1n) is 6.12. The third-order valence-electron chi connectivity index (χ3n) is 2.81. The van der Waals surface area contributed by atoms with Gasteiger partial charge in [0.25, 0.3) is 0 Å². The summed E-state index contributed by atoms with van der Waals surface area (Å²) in [4.78, 5) is 0. The van der Waals surface area contributed by atoms with Crippen molar-refractivity contribution < 1.29 is 9.47 Å². The monoisotopic (exact) mass is 217 g/mol. The van der Waals surface area contributed by atoms with Crippen LogP contribution in [0.25, 0.3) is 0 Å². The second kappa shape index (κ2) is 9.13. The van der Waals surface area contributed by atoms with Gasteiger partial charge in [-0.3, -0.25) is 0 Å². The molecule has 0 radical (unpaired) electrons. The molecule has 1 N–H and O–H groups in total. The molecular weight excluding hydrogens is 190 g/mol. The van der Waals surface area contributed by atoms with Gasteiger partial charge in [-0.25, -0.2) is 0 Å². The minimum Gasteiger partial charge on any atom is -0.352 e. The molecule has 0 aliphatic carbocycles. The van der Waals surface area contributed by atoms with Crippen LogP contribution in [0.2, 0.25) is 0 Å². The number of rotatable bonds is 9. The summed E-state index contributed by atoms with van der Waals surface area (Å²) < 4.78 is 10.9. The smallest absolute Gasteiger partial charge is 0.169 e. The number of hydrogen-bond donors (Lipinski definition) is 1. The van der Waals surface area contributed by atoms with Gasteiger partial charge in [-0.15, -0.1) is 0 Å². The first kappa shape index (κ1) is 14.9. The Morgan fingerprint density at radius 1 is 1.00 bits per heavy atom. The van der Waals surface area contributed by atoms with E-state index < -0.39 is 0 Å². The topological polar surface area (TPSA) is 30.5 Å². The Hall–Kier alpha value is -0.120. The molecule has 2 atom stereocenters. The van der Waals surface area contributed by atoms with Gasteiger partial charge in [0.05, 0.1) is 0 Å². The molecule has 0 aromatic carbocycles. The lowest BCUT2D eigenvalue weighted by Gasteiger charge is -2.23. The largest absolute Gasteiger partial charge is 0.352 e. The number of hydrogen-bond acceptors (Lipinski definition) is 3. The molecule has 0 fully saturated rings. The maximum absolute atomic E-state index is 5.46. The summed E-state index contributed by atoms with van der Waals surface area (Å²) in [5.74, 6) is 0.689. The van der Waals surface area contributed by atoms with Crippen LogP contribution in [0.15, 0.2) is 0 Å². The van der Waals surface area contributed by atoms with Gasteiger partial charge >= 0.3 is 0 Å². The van der Waals surface area contributed by atoms with Gasteiger partial charge in [-0.05, 0) is 26.7 Å². The van der Waals surface area contributed by atoms with Crippen molar-refractivity contribution in [1.82, 2.24) is 5.32 Å². The minimum atomic E-state index is -0.105. The van der Waals surface area contributed by atoms with Crippen molar-refractivity contribution in [3.8, 4) is 0 Å². The zero-order valence-corrected chi connectivity index (χ0v) is 10.9. The van der Waals surface area contributed by atoms with Crippen molar-refractivity contribution in [2.45, 2.75) is 53.4 Å². The molecule has 3 nitrogen and oxygen atoms in total. The Labute approximate surface area is 94.5 Å². The zero-order chi connectivity index (χ0) is 11.7. The Kier molecular flexibility index (Phi) is 9.06. The van der Waals surface area contributed by atoms with Crippen molar-refractivity contribution in [2.75, 3.05) is 19.8 Å². The van der Waals surface area contributed by atoms with Gasteiger partial charge < -0.3 is 14.8 Å². The first-order chi connectivity index (χ1) is 7.15. The molecule has 0 aromatic heterocycles. The fourth-order valence-electron chi connectivity index (χ4n) is 1.37. The van der Waals surface area contributed by atoms with Crippen molar-refractivity contribution in [1.29, 1.82) is 0 Å². The second-order valence-corrected chi connectivity index (χ2v) is 3.92. The third-order valence-corrected chi connectivity index (χ3v) is 2.81. The Morgan fingerprint density at radius 2 is 1.53 bits per heavy atom. The zero-order valence-electron chi connectivity index (χ0n) is 10.9. The van der Waals surface area contributed by atoms with Crippen LogP contribution in [0.5, 0.6) is 0 Å². The summed E-state index contributed by atoms with van der Waals surface area (Å²) in [6.45, 7) is 12.8. The molecule has 0 aliphatic rings. The lowest BCUT2D eigenvalue weighted by molar-refractivity contribution is -0.134. The van der Waals surface area contributed by atoms with E-state index in [1.807, 2.05) is 13.8 Å². The van der Waals surface area contributed by atoms with Crippen LogP contribution in [0.3, 0.4) is 0 Å². The van der Waals surface area contributed by atoms with Gasteiger partial charge in [0.2, 0.25) is 0 Å². The van der Waals surface area contributed by atoms with Gasteiger partial charge in [-0.2, -0.15) is 0 Å². The molecular formula is C12H27NO2. The van der Waals surface area contributed by atoms with Gasteiger partial charge in [0.1, 0.15) is 0 Å². The van der Waals surface area contributed by atoms with Crippen LogP contribution in [0, 0.1) is 5.92 Å². The molecule has 0 saturated carbocycles. The predicted molar refractivity (Wildman–Crippen MR) is 64.0 cm³/mol. The molecule has 0 bridgehead atoms. The molecule has 0 rings (SSSR count). The fraction of sp³-hybridized carbons (Fsp3) is 1.00. The molecule has 0 unspecified atom stereocenters. The average molecular weight is 217 g/mol. The van der Waals surface area contributed by atoms with Gasteiger partial charge in [0.15, 0.2) is 6.29 Å². The van der Waals surface area contributed by atoms with Crippen molar-refractivity contribution >= 4 is 0 Å². The molecule has 0 heterocycles. The summed E-state index contributed by atoms with van der Waals surface area (Å²) in [6, 6.07) is 0.512. The second-order valence-electron chi connectivity index (χ2n) is 3.92. The van der Waals surface area contributed by atoms with E-state index >= 15 is 0 Å². The number of ether oxygens (including phenoxy) is 2. The van der Waals surface area contributed by atoms with Gasteiger partial charge in [0, 0.05) is 25.8 Å².